The standard InChI is InChI=1S/C14H19FO2.Na/c1-2-3-4-5-12-10-11(6-8-13(12)15)7-9-14(16)17;/h6,8,10H,2-5,7,9H2,1H3,(H,16,17);/q;+1/p-1. The molecule has 0 aliphatic carbocycles. The van der Waals surface area contributed by atoms with Gasteiger partial charge < -0.3 is 9.90 Å². The van der Waals surface area contributed by atoms with Gasteiger partial charge in [0.15, 0.2) is 0 Å². The summed E-state index contributed by atoms with van der Waals surface area (Å²) < 4.78 is 13.5. The number of halogens is 1. The Hall–Kier alpha value is -0.380. The van der Waals surface area contributed by atoms with Crippen LogP contribution in [-0.4, -0.2) is 5.97 Å². The minimum Gasteiger partial charge on any atom is -0.550 e. The second-order valence-corrected chi connectivity index (χ2v) is 4.25. The van der Waals surface area contributed by atoms with Crippen molar-refractivity contribution in [1.29, 1.82) is 0 Å². The quantitative estimate of drug-likeness (QED) is 0.478. The van der Waals surface area contributed by atoms with Crippen LogP contribution in [0.25, 0.3) is 0 Å². The van der Waals surface area contributed by atoms with Crippen LogP contribution >= 0.6 is 0 Å². The van der Waals surface area contributed by atoms with E-state index in [9.17, 15) is 14.3 Å². The Labute approximate surface area is 130 Å². The van der Waals surface area contributed by atoms with E-state index in [1.807, 2.05) is 0 Å². The molecule has 1 aromatic rings. The van der Waals surface area contributed by atoms with Crippen molar-refractivity contribution in [3.05, 3.63) is 35.1 Å². The van der Waals surface area contributed by atoms with E-state index in [-0.39, 0.29) is 41.8 Å². The van der Waals surface area contributed by atoms with Crippen molar-refractivity contribution in [3.8, 4) is 0 Å². The van der Waals surface area contributed by atoms with Gasteiger partial charge in [-0.2, -0.15) is 0 Å². The van der Waals surface area contributed by atoms with Crippen molar-refractivity contribution in [3.63, 3.8) is 0 Å². The molecule has 0 spiro atoms. The molecular weight excluding hydrogens is 242 g/mol. The molecule has 0 heterocycles. The summed E-state index contributed by atoms with van der Waals surface area (Å²) >= 11 is 0. The summed E-state index contributed by atoms with van der Waals surface area (Å²) in [5.74, 6) is -1.26. The zero-order valence-corrected chi connectivity index (χ0v) is 13.2. The summed E-state index contributed by atoms with van der Waals surface area (Å²) in [5, 5.41) is 10.4. The SMILES string of the molecule is CCCCCc1cc(CCC(=O)[O-])ccc1F.[Na+]. The van der Waals surface area contributed by atoms with Crippen molar-refractivity contribution in [2.75, 3.05) is 0 Å². The molecule has 0 aliphatic heterocycles. The van der Waals surface area contributed by atoms with E-state index in [4.69, 9.17) is 0 Å². The Morgan fingerprint density at radius 1 is 1.28 bits per heavy atom. The molecule has 0 aliphatic rings. The van der Waals surface area contributed by atoms with Crippen molar-refractivity contribution in [2.24, 2.45) is 0 Å². The van der Waals surface area contributed by atoms with Gasteiger partial charge in [-0.1, -0.05) is 31.9 Å². The fourth-order valence-electron chi connectivity index (χ4n) is 1.79. The third kappa shape index (κ3) is 6.53. The average molecular weight is 260 g/mol. The molecule has 0 saturated carbocycles. The number of aryl methyl sites for hydroxylation is 2. The minimum atomic E-state index is -1.07. The minimum absolute atomic E-state index is 0. The number of unbranched alkanes of at least 4 members (excludes halogenated alkanes) is 2. The van der Waals surface area contributed by atoms with Gasteiger partial charge >= 0.3 is 29.6 Å². The first-order valence-corrected chi connectivity index (χ1v) is 6.10. The number of hydrogen-bond donors (Lipinski definition) is 0. The van der Waals surface area contributed by atoms with Crippen LogP contribution in [0.4, 0.5) is 4.39 Å². The van der Waals surface area contributed by atoms with E-state index in [1.54, 1.807) is 12.1 Å². The van der Waals surface area contributed by atoms with Gasteiger partial charge in [0.1, 0.15) is 5.82 Å². The summed E-state index contributed by atoms with van der Waals surface area (Å²) in [6.07, 6.45) is 4.27. The maximum Gasteiger partial charge on any atom is 1.00 e. The number of aliphatic carboxylic acids is 1. The third-order valence-electron chi connectivity index (χ3n) is 2.78. The van der Waals surface area contributed by atoms with Gasteiger partial charge in [0.05, 0.1) is 0 Å². The molecule has 0 atom stereocenters. The van der Waals surface area contributed by atoms with Gasteiger partial charge in [-0.05, 0) is 42.9 Å². The maximum atomic E-state index is 13.5. The van der Waals surface area contributed by atoms with Gasteiger partial charge in [-0.3, -0.25) is 0 Å². The monoisotopic (exact) mass is 260 g/mol. The van der Waals surface area contributed by atoms with E-state index in [0.29, 0.717) is 12.0 Å². The molecule has 4 heteroatoms. The topological polar surface area (TPSA) is 40.1 Å². The van der Waals surface area contributed by atoms with Gasteiger partial charge in [-0.25, -0.2) is 4.39 Å². The van der Waals surface area contributed by atoms with Crippen LogP contribution in [0, 0.1) is 5.82 Å². The number of benzene rings is 1. The molecule has 0 bridgehead atoms. The van der Waals surface area contributed by atoms with Crippen molar-refractivity contribution in [1.82, 2.24) is 0 Å². The fraction of sp³-hybridized carbons (Fsp3) is 0.500. The summed E-state index contributed by atoms with van der Waals surface area (Å²) in [6.45, 7) is 2.10. The van der Waals surface area contributed by atoms with Crippen molar-refractivity contribution >= 4 is 5.97 Å². The van der Waals surface area contributed by atoms with E-state index in [2.05, 4.69) is 6.92 Å². The van der Waals surface area contributed by atoms with Gasteiger partial charge in [0.25, 0.3) is 0 Å². The molecule has 0 unspecified atom stereocenters. The predicted molar refractivity (Wildman–Crippen MR) is 63.0 cm³/mol. The van der Waals surface area contributed by atoms with E-state index < -0.39 is 5.97 Å². The first kappa shape index (κ1) is 17.6. The molecule has 0 saturated heterocycles. The predicted octanol–water partition coefficient (Wildman–Crippen LogP) is -0.755. The molecule has 0 N–H and O–H groups in total. The van der Waals surface area contributed by atoms with E-state index in [0.717, 1.165) is 31.2 Å². The van der Waals surface area contributed by atoms with E-state index in [1.165, 1.54) is 6.07 Å². The Kier molecular flexibility index (Phi) is 9.34. The van der Waals surface area contributed by atoms with Crippen LogP contribution in [0.1, 0.15) is 43.7 Å². The largest absolute Gasteiger partial charge is 1.00 e. The summed E-state index contributed by atoms with van der Waals surface area (Å²) in [6, 6.07) is 4.83. The zero-order chi connectivity index (χ0) is 12.7. The first-order valence-electron chi connectivity index (χ1n) is 6.10. The zero-order valence-electron chi connectivity index (χ0n) is 11.2. The number of carboxylic acids is 1. The Morgan fingerprint density at radius 3 is 2.61 bits per heavy atom. The van der Waals surface area contributed by atoms with Gasteiger partial charge in [-0.15, -0.1) is 0 Å². The number of carboxylic acid groups (broad SMARTS) is 1. The maximum absolute atomic E-state index is 13.5. The second-order valence-electron chi connectivity index (χ2n) is 4.25. The molecule has 0 radical (unpaired) electrons. The molecule has 2 nitrogen and oxygen atoms in total. The van der Waals surface area contributed by atoms with E-state index >= 15 is 0 Å². The van der Waals surface area contributed by atoms with Crippen LogP contribution < -0.4 is 34.7 Å². The first-order chi connectivity index (χ1) is 8.13. The Bertz CT molecular complexity index is 380. The van der Waals surface area contributed by atoms with Crippen molar-refractivity contribution < 1.29 is 43.8 Å². The molecule has 1 rings (SSSR count). The summed E-state index contributed by atoms with van der Waals surface area (Å²) in [7, 11) is 0. The summed E-state index contributed by atoms with van der Waals surface area (Å²) in [5.41, 5.74) is 1.55. The number of carbonyl (C=O) groups is 1. The third-order valence-corrected chi connectivity index (χ3v) is 2.78. The van der Waals surface area contributed by atoms with Crippen LogP contribution in [-0.2, 0) is 17.6 Å². The molecule has 0 aromatic heterocycles. The molecular formula is C14H18FNaO2. The molecule has 1 aromatic carbocycles. The van der Waals surface area contributed by atoms with Crippen LogP contribution in [0.3, 0.4) is 0 Å². The average Bonchev–Trinajstić information content (AvgIpc) is 2.30. The van der Waals surface area contributed by atoms with Crippen molar-refractivity contribution in [2.45, 2.75) is 45.4 Å². The molecule has 18 heavy (non-hydrogen) atoms. The number of hydrogen-bond acceptors (Lipinski definition) is 2. The smallest absolute Gasteiger partial charge is 0.550 e. The molecule has 94 valence electrons. The second kappa shape index (κ2) is 9.54. The summed E-state index contributed by atoms with van der Waals surface area (Å²) in [4.78, 5) is 10.4. The fourth-order valence-corrected chi connectivity index (χ4v) is 1.79. The number of carbonyl (C=O) groups excluding carboxylic acids is 1. The Morgan fingerprint density at radius 2 is 2.00 bits per heavy atom. The molecule has 0 fully saturated rings. The van der Waals surface area contributed by atoms with Gasteiger partial charge in [0.2, 0.25) is 0 Å². The normalized spacial score (nSPS) is 9.89. The Balaban J connectivity index is 0.00000289. The van der Waals surface area contributed by atoms with Crippen LogP contribution in [0.5, 0.6) is 0 Å². The van der Waals surface area contributed by atoms with Crippen LogP contribution in [0.15, 0.2) is 18.2 Å². The molecule has 0 amide bonds. The van der Waals surface area contributed by atoms with Gasteiger partial charge in [0, 0.05) is 5.97 Å². The van der Waals surface area contributed by atoms with Crippen LogP contribution in [0.2, 0.25) is 0 Å². The number of rotatable bonds is 7.